The topological polar surface area (TPSA) is 91.8 Å². The van der Waals surface area contributed by atoms with Gasteiger partial charge in [0.15, 0.2) is 6.10 Å². The molecule has 0 radical (unpaired) electrons. The van der Waals surface area contributed by atoms with E-state index in [-0.39, 0.29) is 29.4 Å². The first-order valence-corrected chi connectivity index (χ1v) is 11.5. The van der Waals surface area contributed by atoms with E-state index in [1.54, 1.807) is 0 Å². The lowest BCUT2D eigenvalue weighted by atomic mass is 9.98. The summed E-state index contributed by atoms with van der Waals surface area (Å²) in [5.41, 5.74) is 0.00990. The summed E-state index contributed by atoms with van der Waals surface area (Å²) in [4.78, 5) is 29.5. The smallest absolute Gasteiger partial charge is 0.425 e. The first-order valence-electron chi connectivity index (χ1n) is 11.1. The molecule has 0 saturated carbocycles. The Hall–Kier alpha value is -3.93. The molecule has 0 aliphatic carbocycles. The number of pyridine rings is 1. The van der Waals surface area contributed by atoms with Crippen LogP contribution in [0.4, 0.5) is 32.4 Å². The number of fused-ring (bicyclic) bond motifs is 1. The van der Waals surface area contributed by atoms with Gasteiger partial charge in [0, 0.05) is 18.3 Å². The van der Waals surface area contributed by atoms with Gasteiger partial charge in [0.1, 0.15) is 17.4 Å². The van der Waals surface area contributed by atoms with Crippen LogP contribution >= 0.6 is 11.6 Å². The van der Waals surface area contributed by atoms with Gasteiger partial charge in [-0.25, -0.2) is 13.6 Å². The quantitative estimate of drug-likeness (QED) is 0.361. The van der Waals surface area contributed by atoms with Crippen LogP contribution in [-0.2, 0) is 13.0 Å². The molecule has 13 heteroatoms. The number of carbonyl (C=O) groups is 2. The molecule has 1 atom stereocenters. The first-order chi connectivity index (χ1) is 17.8. The van der Waals surface area contributed by atoms with E-state index in [4.69, 9.17) is 16.3 Å². The molecule has 200 valence electrons. The number of anilines is 1. The van der Waals surface area contributed by atoms with Crippen LogP contribution in [0.25, 0.3) is 11.3 Å². The maximum Gasteiger partial charge on any atom is 0.425 e. The zero-order valence-corrected chi connectivity index (χ0v) is 20.3. The highest BCUT2D eigenvalue weighted by Gasteiger charge is 2.39. The van der Waals surface area contributed by atoms with E-state index < -0.39 is 52.9 Å². The number of aromatic nitrogens is 1. The summed E-state index contributed by atoms with van der Waals surface area (Å²) in [5.74, 6) is -3.68. The molecule has 2 N–H and O–H groups in total. The molecule has 1 aliphatic heterocycles. The Bertz CT molecular complexity index is 1400. The SMILES string of the molecule is CC(Oc1cc(-c2cc3c(cn2)CN(C(=O)O)CC3)c(F)cc1C(=O)Nc1c(F)cccc1Cl)C(F)(F)F. The van der Waals surface area contributed by atoms with Crippen LogP contribution in [-0.4, -0.2) is 45.8 Å². The summed E-state index contributed by atoms with van der Waals surface area (Å²) < 4.78 is 74.3. The molecule has 0 saturated heterocycles. The molecule has 2 aromatic carbocycles. The standard InChI is InChI=1S/C25H19ClF5N3O4/c1-12(25(29,30)31)38-21-9-15(20-7-13-5-6-34(24(36)37)11-14(13)10-32-20)19(28)8-16(21)23(35)33-22-17(26)3-2-4-18(22)27/h2-4,7-10,12H,5-6,11H2,1H3,(H,33,35)(H,36,37). The number of amides is 2. The number of rotatable bonds is 5. The highest BCUT2D eigenvalue weighted by Crippen LogP contribution is 2.35. The summed E-state index contributed by atoms with van der Waals surface area (Å²) in [6, 6.07) is 6.66. The lowest BCUT2D eigenvalue weighted by Crippen LogP contribution is -2.34. The van der Waals surface area contributed by atoms with Crippen LogP contribution in [0.1, 0.15) is 28.4 Å². The molecule has 2 amide bonds. The number of benzene rings is 2. The Labute approximate surface area is 217 Å². The fourth-order valence-corrected chi connectivity index (χ4v) is 4.04. The van der Waals surface area contributed by atoms with Gasteiger partial charge in [-0.1, -0.05) is 17.7 Å². The molecule has 0 spiro atoms. The largest absolute Gasteiger partial charge is 0.480 e. The van der Waals surface area contributed by atoms with Crippen LogP contribution in [0.5, 0.6) is 5.75 Å². The first kappa shape index (κ1) is 27.1. The second-order valence-electron chi connectivity index (χ2n) is 8.47. The molecule has 1 aliphatic rings. The fraction of sp³-hybridized carbons (Fsp3) is 0.240. The third-order valence-electron chi connectivity index (χ3n) is 5.92. The van der Waals surface area contributed by atoms with E-state index in [2.05, 4.69) is 10.3 Å². The molecule has 1 unspecified atom stereocenters. The predicted molar refractivity (Wildman–Crippen MR) is 127 cm³/mol. The van der Waals surface area contributed by atoms with Crippen LogP contribution in [0, 0.1) is 11.6 Å². The minimum Gasteiger partial charge on any atom is -0.480 e. The Morgan fingerprint density at radius 3 is 2.55 bits per heavy atom. The van der Waals surface area contributed by atoms with Crippen LogP contribution in [0.3, 0.4) is 0 Å². The van der Waals surface area contributed by atoms with Crippen LogP contribution < -0.4 is 10.1 Å². The van der Waals surface area contributed by atoms with Gasteiger partial charge in [0.2, 0.25) is 0 Å². The van der Waals surface area contributed by atoms with Crippen molar-refractivity contribution < 1.29 is 41.4 Å². The molecule has 1 aromatic heterocycles. The summed E-state index contributed by atoms with van der Waals surface area (Å²) >= 11 is 5.91. The molecular weight excluding hydrogens is 537 g/mol. The zero-order valence-electron chi connectivity index (χ0n) is 19.6. The minimum atomic E-state index is -4.81. The van der Waals surface area contributed by atoms with Gasteiger partial charge >= 0.3 is 12.3 Å². The number of para-hydroxylation sites is 1. The normalized spacial score (nSPS) is 14.0. The van der Waals surface area contributed by atoms with E-state index in [1.165, 1.54) is 29.3 Å². The molecular formula is C25H19ClF5N3O4. The highest BCUT2D eigenvalue weighted by atomic mass is 35.5. The predicted octanol–water partition coefficient (Wildman–Crippen LogP) is 6.30. The van der Waals surface area contributed by atoms with Gasteiger partial charge in [-0.05, 0) is 54.8 Å². The summed E-state index contributed by atoms with van der Waals surface area (Å²) in [5, 5.41) is 11.2. The number of nitrogens with one attached hydrogen (secondary N) is 1. The van der Waals surface area contributed by atoms with Gasteiger partial charge in [0.25, 0.3) is 5.91 Å². The van der Waals surface area contributed by atoms with E-state index in [9.17, 15) is 32.3 Å². The van der Waals surface area contributed by atoms with Crippen molar-refractivity contribution in [2.75, 3.05) is 11.9 Å². The van der Waals surface area contributed by atoms with Crippen molar-refractivity contribution in [2.24, 2.45) is 0 Å². The zero-order chi connectivity index (χ0) is 27.8. The molecule has 0 bridgehead atoms. The maximum absolute atomic E-state index is 15.3. The van der Waals surface area contributed by atoms with Gasteiger partial charge in [-0.15, -0.1) is 0 Å². The van der Waals surface area contributed by atoms with E-state index in [0.29, 0.717) is 30.5 Å². The van der Waals surface area contributed by atoms with Gasteiger partial charge in [0.05, 0.1) is 28.5 Å². The van der Waals surface area contributed by atoms with Crippen molar-refractivity contribution in [1.82, 2.24) is 9.88 Å². The van der Waals surface area contributed by atoms with Gasteiger partial charge < -0.3 is 20.1 Å². The van der Waals surface area contributed by atoms with E-state index in [0.717, 1.165) is 12.1 Å². The number of alkyl halides is 3. The van der Waals surface area contributed by atoms with E-state index in [1.807, 2.05) is 0 Å². The maximum atomic E-state index is 15.3. The second-order valence-corrected chi connectivity index (χ2v) is 8.88. The number of halogens is 6. The molecule has 0 fully saturated rings. The van der Waals surface area contributed by atoms with Crippen molar-refractivity contribution in [2.45, 2.75) is 32.2 Å². The van der Waals surface area contributed by atoms with Crippen LogP contribution in [0.2, 0.25) is 5.02 Å². The Balaban J connectivity index is 1.75. The molecule has 4 rings (SSSR count). The summed E-state index contributed by atoms with van der Waals surface area (Å²) in [6.07, 6.45) is -6.60. The minimum absolute atomic E-state index is 0.0404. The van der Waals surface area contributed by atoms with Crippen molar-refractivity contribution in [3.8, 4) is 17.0 Å². The Morgan fingerprint density at radius 2 is 1.89 bits per heavy atom. The molecule has 3 aromatic rings. The van der Waals surface area contributed by atoms with Crippen molar-refractivity contribution in [1.29, 1.82) is 0 Å². The van der Waals surface area contributed by atoms with Crippen LogP contribution in [0.15, 0.2) is 42.6 Å². The third kappa shape index (κ3) is 5.64. The van der Waals surface area contributed by atoms with Gasteiger partial charge in [-0.2, -0.15) is 13.2 Å². The monoisotopic (exact) mass is 555 g/mol. The number of ether oxygens (including phenoxy) is 1. The van der Waals surface area contributed by atoms with E-state index >= 15 is 4.39 Å². The Kier molecular flexibility index (Phi) is 7.45. The number of hydrogen-bond acceptors (Lipinski definition) is 4. The lowest BCUT2D eigenvalue weighted by Gasteiger charge is -2.26. The second kappa shape index (κ2) is 10.4. The van der Waals surface area contributed by atoms with Gasteiger partial charge in [-0.3, -0.25) is 9.78 Å². The average Bonchev–Trinajstić information content (AvgIpc) is 2.85. The van der Waals surface area contributed by atoms with Crippen molar-refractivity contribution >= 4 is 29.3 Å². The summed E-state index contributed by atoms with van der Waals surface area (Å²) in [6.45, 7) is 0.989. The third-order valence-corrected chi connectivity index (χ3v) is 6.24. The number of nitrogens with zero attached hydrogens (tertiary/aromatic N) is 2. The van der Waals surface area contributed by atoms with Crippen molar-refractivity contribution in [3.05, 3.63) is 75.9 Å². The Morgan fingerprint density at radius 1 is 1.16 bits per heavy atom. The highest BCUT2D eigenvalue weighted by molar-refractivity contribution is 6.34. The molecule has 7 nitrogen and oxygen atoms in total. The number of hydrogen-bond donors (Lipinski definition) is 2. The van der Waals surface area contributed by atoms with Crippen molar-refractivity contribution in [3.63, 3.8) is 0 Å². The molecule has 2 heterocycles. The fourth-order valence-electron chi connectivity index (χ4n) is 3.83. The molecule has 38 heavy (non-hydrogen) atoms. The number of carboxylic acid groups (broad SMARTS) is 1. The summed E-state index contributed by atoms with van der Waals surface area (Å²) in [7, 11) is 0. The number of carbonyl (C=O) groups excluding carboxylic acids is 1. The average molecular weight is 556 g/mol. The lowest BCUT2D eigenvalue weighted by molar-refractivity contribution is -0.189.